The van der Waals surface area contributed by atoms with Gasteiger partial charge in [0.15, 0.2) is 5.78 Å². The summed E-state index contributed by atoms with van der Waals surface area (Å²) in [7, 11) is 2.10. The third-order valence-electron chi connectivity index (χ3n) is 5.78. The Balaban J connectivity index is 1.69. The van der Waals surface area contributed by atoms with Crippen LogP contribution in [0.3, 0.4) is 0 Å². The molecule has 0 bridgehead atoms. The van der Waals surface area contributed by atoms with Gasteiger partial charge in [0, 0.05) is 37.3 Å². The third kappa shape index (κ3) is 2.91. The van der Waals surface area contributed by atoms with Gasteiger partial charge in [-0.15, -0.1) is 0 Å². The Bertz CT molecular complexity index is 1120. The summed E-state index contributed by atoms with van der Waals surface area (Å²) in [5.74, 6) is 0.250. The number of ketones is 1. The highest BCUT2D eigenvalue weighted by Crippen LogP contribution is 2.37. The number of halogens is 1. The topological polar surface area (TPSA) is 48.3 Å². The maximum absolute atomic E-state index is 13.7. The fourth-order valence-corrected chi connectivity index (χ4v) is 4.13. The lowest BCUT2D eigenvalue weighted by atomic mass is 9.83. The molecule has 146 valence electrons. The Labute approximate surface area is 168 Å². The van der Waals surface area contributed by atoms with Crippen molar-refractivity contribution in [2.75, 3.05) is 33.2 Å². The number of aliphatic imine (C=N–C) groups is 2. The molecule has 0 amide bonds. The number of hydrogen-bond acceptors (Lipinski definition) is 5. The highest BCUT2D eigenvalue weighted by atomic mass is 19.1. The van der Waals surface area contributed by atoms with E-state index in [1.54, 1.807) is 6.07 Å². The standard InChI is InChI=1S/C23H21FN4O/c1-14-13-15(24)7-8-16(14)19-21-20(17-5-3-4-6-18(17)22(19)29)25-23(26-21)28-11-9-27(2)10-12-28/h3-8,13H,9-12H2,1-2H3. The van der Waals surface area contributed by atoms with E-state index >= 15 is 0 Å². The predicted molar refractivity (Wildman–Crippen MR) is 112 cm³/mol. The van der Waals surface area contributed by atoms with Gasteiger partial charge in [-0.2, -0.15) is 0 Å². The molecule has 2 aromatic rings. The van der Waals surface area contributed by atoms with E-state index in [0.29, 0.717) is 33.9 Å². The zero-order valence-corrected chi connectivity index (χ0v) is 16.4. The fourth-order valence-electron chi connectivity index (χ4n) is 4.13. The molecular formula is C23H21FN4O. The highest BCUT2D eigenvalue weighted by Gasteiger charge is 2.36. The number of Topliss-reactive ketones (excluding diaryl/α,β-unsaturated/α-hetero) is 1. The van der Waals surface area contributed by atoms with Gasteiger partial charge in [-0.25, -0.2) is 14.4 Å². The minimum absolute atomic E-state index is 0.0902. The normalized spacial score (nSPS) is 19.1. The van der Waals surface area contributed by atoms with E-state index in [0.717, 1.165) is 37.5 Å². The Morgan fingerprint density at radius 1 is 0.931 bits per heavy atom. The summed E-state index contributed by atoms with van der Waals surface area (Å²) in [6.07, 6.45) is 0. The number of piperazine rings is 1. The van der Waals surface area contributed by atoms with E-state index in [-0.39, 0.29) is 11.6 Å². The van der Waals surface area contributed by atoms with Crippen LogP contribution in [0.4, 0.5) is 4.39 Å². The summed E-state index contributed by atoms with van der Waals surface area (Å²) < 4.78 is 13.7. The van der Waals surface area contributed by atoms with Crippen LogP contribution in [0.1, 0.15) is 27.0 Å². The number of carbonyl (C=O) groups is 1. The van der Waals surface area contributed by atoms with Gasteiger partial charge < -0.3 is 9.80 Å². The summed E-state index contributed by atoms with van der Waals surface area (Å²) in [5, 5.41) is 0. The molecule has 1 fully saturated rings. The maximum atomic E-state index is 13.7. The van der Waals surface area contributed by atoms with Crippen molar-refractivity contribution in [2.24, 2.45) is 9.98 Å². The average molecular weight is 388 g/mol. The Morgan fingerprint density at radius 3 is 2.38 bits per heavy atom. The van der Waals surface area contributed by atoms with Crippen LogP contribution in [-0.2, 0) is 0 Å². The first-order chi connectivity index (χ1) is 14.0. The lowest BCUT2D eigenvalue weighted by molar-refractivity contribution is 0.105. The second kappa shape index (κ2) is 6.74. The van der Waals surface area contributed by atoms with Crippen LogP contribution < -0.4 is 0 Å². The van der Waals surface area contributed by atoms with Crippen molar-refractivity contribution in [1.29, 1.82) is 0 Å². The molecule has 5 nitrogen and oxygen atoms in total. The van der Waals surface area contributed by atoms with Crippen molar-refractivity contribution >= 4 is 23.0 Å². The zero-order chi connectivity index (χ0) is 20.1. The van der Waals surface area contributed by atoms with E-state index < -0.39 is 0 Å². The first-order valence-corrected chi connectivity index (χ1v) is 9.79. The van der Waals surface area contributed by atoms with Gasteiger partial charge in [0.25, 0.3) is 0 Å². The van der Waals surface area contributed by atoms with Gasteiger partial charge in [0.05, 0.1) is 5.57 Å². The van der Waals surface area contributed by atoms with E-state index in [1.165, 1.54) is 12.1 Å². The largest absolute Gasteiger partial charge is 0.338 e. The van der Waals surface area contributed by atoms with Gasteiger partial charge in [0.1, 0.15) is 17.2 Å². The van der Waals surface area contributed by atoms with Crippen LogP contribution >= 0.6 is 0 Å². The molecule has 0 aromatic heterocycles. The number of nitrogens with zero attached hydrogens (tertiary/aromatic N) is 4. The number of hydrogen-bond donors (Lipinski definition) is 0. The Hall–Kier alpha value is -3.12. The number of likely N-dealkylation sites (N-methyl/N-ethyl adjacent to an activating group) is 1. The lowest BCUT2D eigenvalue weighted by Crippen LogP contribution is -2.46. The van der Waals surface area contributed by atoms with E-state index in [4.69, 9.17) is 9.98 Å². The van der Waals surface area contributed by atoms with Crippen molar-refractivity contribution in [3.8, 4) is 0 Å². The number of rotatable bonds is 1. The second-order valence-corrected chi connectivity index (χ2v) is 7.72. The van der Waals surface area contributed by atoms with Crippen molar-refractivity contribution < 1.29 is 9.18 Å². The Kier molecular flexibility index (Phi) is 4.17. The van der Waals surface area contributed by atoms with Crippen LogP contribution in [0.2, 0.25) is 0 Å². The van der Waals surface area contributed by atoms with Crippen molar-refractivity contribution in [3.05, 3.63) is 76.2 Å². The molecule has 3 aliphatic rings. The molecule has 2 heterocycles. The molecule has 6 heteroatoms. The van der Waals surface area contributed by atoms with Gasteiger partial charge in [-0.05, 0) is 37.2 Å². The van der Waals surface area contributed by atoms with Crippen LogP contribution in [0.25, 0.3) is 5.57 Å². The van der Waals surface area contributed by atoms with Gasteiger partial charge in [0.2, 0.25) is 5.96 Å². The summed E-state index contributed by atoms with van der Waals surface area (Å²) in [4.78, 5) is 27.5. The number of carbonyl (C=O) groups excluding carboxylic acids is 1. The number of benzene rings is 2. The molecule has 29 heavy (non-hydrogen) atoms. The molecule has 1 aliphatic carbocycles. The average Bonchev–Trinajstić information content (AvgIpc) is 3.15. The highest BCUT2D eigenvalue weighted by molar-refractivity contribution is 6.43. The fraction of sp³-hybridized carbons (Fsp3) is 0.261. The first kappa shape index (κ1) is 17.9. The third-order valence-corrected chi connectivity index (χ3v) is 5.78. The molecule has 1 saturated heterocycles. The number of fused-ring (bicyclic) bond motifs is 3. The van der Waals surface area contributed by atoms with Gasteiger partial charge in [-0.1, -0.05) is 30.3 Å². The number of guanidine groups is 1. The van der Waals surface area contributed by atoms with Crippen molar-refractivity contribution in [2.45, 2.75) is 6.92 Å². The van der Waals surface area contributed by atoms with Crippen LogP contribution in [0.5, 0.6) is 0 Å². The SMILES string of the molecule is Cc1cc(F)ccc1C1=C2N=C(N3CCN(C)CC3)N=C2c2ccccc2C1=O. The maximum Gasteiger partial charge on any atom is 0.226 e. The summed E-state index contributed by atoms with van der Waals surface area (Å²) in [6.45, 7) is 5.40. The van der Waals surface area contributed by atoms with Gasteiger partial charge in [-0.3, -0.25) is 4.79 Å². The van der Waals surface area contributed by atoms with E-state index in [1.807, 2.05) is 31.2 Å². The quantitative estimate of drug-likeness (QED) is 0.754. The minimum atomic E-state index is -0.317. The molecule has 0 saturated carbocycles. The zero-order valence-electron chi connectivity index (χ0n) is 16.4. The summed E-state index contributed by atoms with van der Waals surface area (Å²) in [6, 6.07) is 12.0. The monoisotopic (exact) mass is 388 g/mol. The van der Waals surface area contributed by atoms with Crippen molar-refractivity contribution in [1.82, 2.24) is 9.80 Å². The molecular weight excluding hydrogens is 367 g/mol. The van der Waals surface area contributed by atoms with Crippen molar-refractivity contribution in [3.63, 3.8) is 0 Å². The predicted octanol–water partition coefficient (Wildman–Crippen LogP) is 3.15. The number of allylic oxidation sites excluding steroid dienone is 2. The molecule has 0 N–H and O–H groups in total. The second-order valence-electron chi connectivity index (χ2n) is 7.72. The number of aryl methyl sites for hydroxylation is 1. The summed E-state index contributed by atoms with van der Waals surface area (Å²) in [5.41, 5.74) is 4.67. The van der Waals surface area contributed by atoms with Gasteiger partial charge >= 0.3 is 0 Å². The molecule has 0 atom stereocenters. The molecule has 0 unspecified atom stereocenters. The van der Waals surface area contributed by atoms with Crippen LogP contribution in [-0.4, -0.2) is 60.5 Å². The smallest absolute Gasteiger partial charge is 0.226 e. The molecule has 5 rings (SSSR count). The van der Waals surface area contributed by atoms with Crippen LogP contribution in [0.15, 0.2) is 58.1 Å². The van der Waals surface area contributed by atoms with E-state index in [2.05, 4.69) is 16.8 Å². The molecule has 2 aliphatic heterocycles. The first-order valence-electron chi connectivity index (χ1n) is 9.79. The summed E-state index contributed by atoms with van der Waals surface area (Å²) >= 11 is 0. The molecule has 2 aromatic carbocycles. The molecule has 0 spiro atoms. The lowest BCUT2D eigenvalue weighted by Gasteiger charge is -2.32. The van der Waals surface area contributed by atoms with E-state index in [9.17, 15) is 9.18 Å². The van der Waals surface area contributed by atoms with Crippen LogP contribution in [0, 0.1) is 12.7 Å². The minimum Gasteiger partial charge on any atom is -0.338 e. The Morgan fingerprint density at radius 2 is 1.66 bits per heavy atom. The molecule has 0 radical (unpaired) electrons.